The van der Waals surface area contributed by atoms with Gasteiger partial charge in [0, 0.05) is 25.9 Å². The zero-order valence-corrected chi connectivity index (χ0v) is 12.7. The van der Waals surface area contributed by atoms with Gasteiger partial charge in [-0.25, -0.2) is 4.79 Å². The third-order valence-electron chi connectivity index (χ3n) is 3.63. The van der Waals surface area contributed by atoms with Crippen molar-refractivity contribution in [1.29, 1.82) is 0 Å². The number of fused-ring (bicyclic) bond motifs is 1. The number of hydrogen-bond donors (Lipinski definition) is 1. The van der Waals surface area contributed by atoms with E-state index < -0.39 is 0 Å². The number of carbonyl (C=O) groups excluding carboxylic acids is 1. The van der Waals surface area contributed by atoms with E-state index in [0.29, 0.717) is 37.9 Å². The van der Waals surface area contributed by atoms with Crippen molar-refractivity contribution in [2.45, 2.75) is 25.8 Å². The summed E-state index contributed by atoms with van der Waals surface area (Å²) in [5, 5.41) is 2.84. The summed E-state index contributed by atoms with van der Waals surface area (Å²) in [6, 6.07) is 11.0. The molecular weight excluding hydrogens is 296 g/mol. The molecule has 0 bridgehead atoms. The van der Waals surface area contributed by atoms with Crippen LogP contribution in [0.25, 0.3) is 11.1 Å². The van der Waals surface area contributed by atoms with E-state index in [2.05, 4.69) is 5.32 Å². The number of nitrogens with one attached hydrogen (secondary N) is 1. The van der Waals surface area contributed by atoms with Gasteiger partial charge in [-0.05, 0) is 30.7 Å². The minimum Gasteiger partial charge on any atom is -0.469 e. The molecule has 1 N–H and O–H groups in total. The predicted molar refractivity (Wildman–Crippen MR) is 85.1 cm³/mol. The molecule has 0 aliphatic heterocycles. The van der Waals surface area contributed by atoms with Crippen LogP contribution in [0.15, 0.2) is 56.3 Å². The molecule has 1 aromatic carbocycles. The number of aryl methyl sites for hydroxylation is 1. The van der Waals surface area contributed by atoms with Crippen molar-refractivity contribution in [2.24, 2.45) is 0 Å². The lowest BCUT2D eigenvalue weighted by Crippen LogP contribution is -2.26. The molecule has 6 heteroatoms. The number of amides is 1. The van der Waals surface area contributed by atoms with Gasteiger partial charge in [-0.1, -0.05) is 12.1 Å². The molecule has 23 heavy (non-hydrogen) atoms. The summed E-state index contributed by atoms with van der Waals surface area (Å²) in [7, 11) is 0. The fraction of sp³-hybridized carbons (Fsp3) is 0.294. The molecule has 0 saturated carbocycles. The Bertz CT molecular complexity index is 830. The van der Waals surface area contributed by atoms with Crippen LogP contribution < -0.4 is 11.1 Å². The topological polar surface area (TPSA) is 77.4 Å². The van der Waals surface area contributed by atoms with E-state index in [1.165, 1.54) is 0 Å². The van der Waals surface area contributed by atoms with E-state index in [1.807, 2.05) is 30.3 Å². The van der Waals surface area contributed by atoms with Gasteiger partial charge >= 0.3 is 5.76 Å². The van der Waals surface area contributed by atoms with Crippen molar-refractivity contribution in [1.82, 2.24) is 9.88 Å². The molecule has 3 rings (SSSR count). The second kappa shape index (κ2) is 7.00. The molecule has 0 fully saturated rings. The van der Waals surface area contributed by atoms with Gasteiger partial charge < -0.3 is 14.2 Å². The normalized spacial score (nSPS) is 11.0. The number of para-hydroxylation sites is 2. The Morgan fingerprint density at radius 1 is 1.17 bits per heavy atom. The van der Waals surface area contributed by atoms with Crippen LogP contribution in [0, 0.1) is 0 Å². The van der Waals surface area contributed by atoms with Gasteiger partial charge in [0.1, 0.15) is 5.76 Å². The van der Waals surface area contributed by atoms with Crippen LogP contribution >= 0.6 is 0 Å². The van der Waals surface area contributed by atoms with Crippen molar-refractivity contribution in [2.75, 3.05) is 6.54 Å². The van der Waals surface area contributed by atoms with Gasteiger partial charge in [0.2, 0.25) is 5.91 Å². The van der Waals surface area contributed by atoms with Crippen molar-refractivity contribution in [3.8, 4) is 0 Å². The Morgan fingerprint density at radius 3 is 2.87 bits per heavy atom. The summed E-state index contributed by atoms with van der Waals surface area (Å²) in [6.07, 6.45) is 3.23. The van der Waals surface area contributed by atoms with Crippen molar-refractivity contribution in [3.63, 3.8) is 0 Å². The molecule has 0 unspecified atom stereocenters. The molecule has 0 spiro atoms. The molecule has 6 nitrogen and oxygen atoms in total. The molecule has 2 aromatic heterocycles. The summed E-state index contributed by atoms with van der Waals surface area (Å²) >= 11 is 0. The summed E-state index contributed by atoms with van der Waals surface area (Å²) in [5.74, 6) is 0.434. The SMILES string of the molecule is O=C(CCCn1c(=O)oc2ccccc21)NCCc1ccco1. The van der Waals surface area contributed by atoms with Crippen LogP contribution in [0.4, 0.5) is 0 Å². The highest BCUT2D eigenvalue weighted by molar-refractivity contribution is 5.76. The average Bonchev–Trinajstić information content (AvgIpc) is 3.16. The van der Waals surface area contributed by atoms with Crippen LogP contribution in [0.5, 0.6) is 0 Å². The summed E-state index contributed by atoms with van der Waals surface area (Å²) in [4.78, 5) is 23.6. The zero-order valence-electron chi connectivity index (χ0n) is 12.7. The highest BCUT2D eigenvalue weighted by Crippen LogP contribution is 2.12. The van der Waals surface area contributed by atoms with E-state index in [9.17, 15) is 9.59 Å². The molecule has 0 atom stereocenters. The molecule has 1 amide bonds. The zero-order chi connectivity index (χ0) is 16.1. The maximum Gasteiger partial charge on any atom is 0.419 e. The summed E-state index contributed by atoms with van der Waals surface area (Å²) < 4.78 is 11.9. The molecule has 0 aliphatic carbocycles. The number of oxazole rings is 1. The van der Waals surface area contributed by atoms with Gasteiger partial charge in [-0.3, -0.25) is 9.36 Å². The molecule has 0 aliphatic rings. The smallest absolute Gasteiger partial charge is 0.419 e. The lowest BCUT2D eigenvalue weighted by atomic mass is 10.2. The molecule has 2 heterocycles. The van der Waals surface area contributed by atoms with Gasteiger partial charge in [0.05, 0.1) is 11.8 Å². The monoisotopic (exact) mass is 314 g/mol. The van der Waals surface area contributed by atoms with Crippen LogP contribution in [0.1, 0.15) is 18.6 Å². The Morgan fingerprint density at radius 2 is 2.04 bits per heavy atom. The van der Waals surface area contributed by atoms with Crippen molar-refractivity contribution >= 4 is 17.0 Å². The number of carbonyl (C=O) groups is 1. The number of aromatic nitrogens is 1. The van der Waals surface area contributed by atoms with Gasteiger partial charge in [0.25, 0.3) is 0 Å². The highest BCUT2D eigenvalue weighted by Gasteiger charge is 2.09. The maximum absolute atomic E-state index is 11.8. The minimum atomic E-state index is -0.385. The van der Waals surface area contributed by atoms with Gasteiger partial charge in [-0.15, -0.1) is 0 Å². The fourth-order valence-electron chi connectivity index (χ4n) is 2.49. The first-order valence-electron chi connectivity index (χ1n) is 7.61. The van der Waals surface area contributed by atoms with E-state index in [0.717, 1.165) is 11.3 Å². The second-order valence-corrected chi connectivity index (χ2v) is 5.27. The third kappa shape index (κ3) is 3.71. The Kier molecular flexibility index (Phi) is 4.61. The standard InChI is InChI=1S/C17H18N2O4/c20-16(18-10-9-13-5-4-12-22-13)8-3-11-19-14-6-1-2-7-15(14)23-17(19)21/h1-2,4-7,12H,3,8-11H2,(H,18,20). The Balaban J connectivity index is 1.46. The van der Waals surface area contributed by atoms with E-state index in [-0.39, 0.29) is 11.7 Å². The first kappa shape index (κ1) is 15.1. The average molecular weight is 314 g/mol. The summed E-state index contributed by atoms with van der Waals surface area (Å²) in [6.45, 7) is 1.00. The Labute approximate surface area is 132 Å². The molecule has 3 aromatic rings. The fourth-order valence-corrected chi connectivity index (χ4v) is 2.49. The molecule has 0 saturated heterocycles. The van der Waals surface area contributed by atoms with Gasteiger partial charge in [0.15, 0.2) is 5.58 Å². The molecule has 120 valence electrons. The van der Waals surface area contributed by atoms with E-state index >= 15 is 0 Å². The maximum atomic E-state index is 11.8. The number of rotatable bonds is 7. The Hall–Kier alpha value is -2.76. The first-order valence-corrected chi connectivity index (χ1v) is 7.61. The minimum absolute atomic E-state index is 0.0302. The second-order valence-electron chi connectivity index (χ2n) is 5.27. The number of nitrogens with zero attached hydrogens (tertiary/aromatic N) is 1. The number of furan rings is 1. The highest BCUT2D eigenvalue weighted by atomic mass is 16.4. The van der Waals surface area contributed by atoms with Crippen LogP contribution in [-0.4, -0.2) is 17.0 Å². The third-order valence-corrected chi connectivity index (χ3v) is 3.63. The molecule has 0 radical (unpaired) electrons. The van der Waals surface area contributed by atoms with Crippen LogP contribution in [0.2, 0.25) is 0 Å². The van der Waals surface area contributed by atoms with E-state index in [1.54, 1.807) is 16.9 Å². The lowest BCUT2D eigenvalue weighted by molar-refractivity contribution is -0.121. The van der Waals surface area contributed by atoms with Crippen molar-refractivity contribution in [3.05, 3.63) is 59.0 Å². The largest absolute Gasteiger partial charge is 0.469 e. The predicted octanol–water partition coefficient (Wildman–Crippen LogP) is 2.33. The molecular formula is C17H18N2O4. The van der Waals surface area contributed by atoms with E-state index in [4.69, 9.17) is 8.83 Å². The van der Waals surface area contributed by atoms with Crippen molar-refractivity contribution < 1.29 is 13.6 Å². The number of benzene rings is 1. The summed E-state index contributed by atoms with van der Waals surface area (Å²) in [5.41, 5.74) is 1.33. The quantitative estimate of drug-likeness (QED) is 0.726. The van der Waals surface area contributed by atoms with Crippen LogP contribution in [0.3, 0.4) is 0 Å². The lowest BCUT2D eigenvalue weighted by Gasteiger charge is -2.04. The number of hydrogen-bond acceptors (Lipinski definition) is 4. The first-order chi connectivity index (χ1) is 11.2. The van der Waals surface area contributed by atoms with Crippen LogP contribution in [-0.2, 0) is 17.8 Å². The van der Waals surface area contributed by atoms with Gasteiger partial charge in [-0.2, -0.15) is 0 Å².